The molecule has 14 heavy (non-hydrogen) atoms. The number of hydrogen-bond donors (Lipinski definition) is 1. The molecule has 2 rings (SSSR count). The third-order valence-corrected chi connectivity index (χ3v) is 2.71. The lowest BCUT2D eigenvalue weighted by molar-refractivity contribution is 0.0708. The lowest BCUT2D eigenvalue weighted by Gasteiger charge is -2.03. The fourth-order valence-corrected chi connectivity index (χ4v) is 1.82. The number of furan rings is 1. The Bertz CT molecular complexity index is 403. The maximum absolute atomic E-state index is 11.6. The van der Waals surface area contributed by atoms with Crippen molar-refractivity contribution in [3.8, 4) is 0 Å². The molecule has 2 aromatic heterocycles. The maximum Gasteiger partial charge on any atom is 0.208 e. The second kappa shape index (κ2) is 3.77. The van der Waals surface area contributed by atoms with E-state index in [1.807, 2.05) is 0 Å². The Kier molecular flexibility index (Phi) is 2.47. The number of hydrogen-bond acceptors (Lipinski definition) is 4. The predicted molar refractivity (Wildman–Crippen MR) is 52.3 cm³/mol. The Morgan fingerprint density at radius 3 is 2.86 bits per heavy atom. The summed E-state index contributed by atoms with van der Waals surface area (Å²) in [4.78, 5) is 12.1. The van der Waals surface area contributed by atoms with Crippen LogP contribution in [0.15, 0.2) is 40.3 Å². The Balaban J connectivity index is 2.21. The minimum atomic E-state index is -1.19. The van der Waals surface area contributed by atoms with Gasteiger partial charge in [0, 0.05) is 0 Å². The Labute approximate surface area is 84.6 Å². The van der Waals surface area contributed by atoms with Gasteiger partial charge in [-0.05, 0) is 23.6 Å². The largest absolute Gasteiger partial charge is 0.466 e. The van der Waals surface area contributed by atoms with E-state index in [-0.39, 0.29) is 11.5 Å². The summed E-state index contributed by atoms with van der Waals surface area (Å²) in [6.45, 7) is 0. The van der Waals surface area contributed by atoms with Crippen LogP contribution in [0.2, 0.25) is 0 Å². The number of rotatable bonds is 3. The van der Waals surface area contributed by atoms with Crippen molar-refractivity contribution in [1.82, 2.24) is 0 Å². The van der Waals surface area contributed by atoms with E-state index >= 15 is 0 Å². The molecule has 1 N–H and O–H groups in total. The molecule has 0 aliphatic heterocycles. The highest BCUT2D eigenvalue weighted by Gasteiger charge is 2.21. The van der Waals surface area contributed by atoms with Crippen LogP contribution in [-0.2, 0) is 0 Å². The van der Waals surface area contributed by atoms with Gasteiger partial charge in [-0.2, -0.15) is 0 Å². The number of carbonyl (C=O) groups is 1. The smallest absolute Gasteiger partial charge is 0.208 e. The van der Waals surface area contributed by atoms with Gasteiger partial charge in [-0.25, -0.2) is 0 Å². The van der Waals surface area contributed by atoms with E-state index < -0.39 is 6.10 Å². The van der Waals surface area contributed by atoms with Gasteiger partial charge in [0.15, 0.2) is 6.10 Å². The molecule has 0 aliphatic rings. The van der Waals surface area contributed by atoms with Crippen molar-refractivity contribution < 1.29 is 14.3 Å². The summed E-state index contributed by atoms with van der Waals surface area (Å²) >= 11 is 1.31. The number of thiophene rings is 1. The molecule has 0 aromatic carbocycles. The minimum Gasteiger partial charge on any atom is -0.466 e. The third-order valence-electron chi connectivity index (χ3n) is 1.83. The lowest BCUT2D eigenvalue weighted by Crippen LogP contribution is -2.09. The minimum absolute atomic E-state index is 0.281. The normalized spacial score (nSPS) is 12.6. The van der Waals surface area contributed by atoms with Crippen LogP contribution < -0.4 is 0 Å². The van der Waals surface area contributed by atoms with Crippen molar-refractivity contribution in [2.24, 2.45) is 0 Å². The van der Waals surface area contributed by atoms with E-state index in [9.17, 15) is 9.90 Å². The van der Waals surface area contributed by atoms with E-state index in [2.05, 4.69) is 0 Å². The number of aliphatic hydroxyl groups is 1. The van der Waals surface area contributed by atoms with Crippen molar-refractivity contribution >= 4 is 17.1 Å². The molecule has 0 saturated carbocycles. The zero-order valence-corrected chi connectivity index (χ0v) is 8.03. The molecule has 72 valence electrons. The molecule has 0 saturated heterocycles. The van der Waals surface area contributed by atoms with Gasteiger partial charge in [-0.15, -0.1) is 11.3 Å². The van der Waals surface area contributed by atoms with E-state index in [1.54, 1.807) is 29.6 Å². The molecular weight excluding hydrogens is 200 g/mol. The predicted octanol–water partition coefficient (Wildman–Crippen LogP) is 2.26. The maximum atomic E-state index is 11.6. The van der Waals surface area contributed by atoms with Crippen LogP contribution >= 0.6 is 11.3 Å². The molecule has 4 heteroatoms. The van der Waals surface area contributed by atoms with Gasteiger partial charge in [-0.1, -0.05) is 6.07 Å². The van der Waals surface area contributed by atoms with Crippen molar-refractivity contribution in [2.75, 3.05) is 0 Å². The molecule has 3 nitrogen and oxygen atoms in total. The molecule has 2 aromatic rings. The topological polar surface area (TPSA) is 50.4 Å². The second-order valence-electron chi connectivity index (χ2n) is 2.76. The van der Waals surface area contributed by atoms with Crippen LogP contribution in [0.5, 0.6) is 0 Å². The first kappa shape index (κ1) is 9.18. The standard InChI is InChI=1S/C10H8O3S/c11-9(7-3-1-5-13-7)10(12)8-4-2-6-14-8/h1-6,9,11H. The van der Waals surface area contributed by atoms with Crippen molar-refractivity contribution in [2.45, 2.75) is 6.10 Å². The summed E-state index contributed by atoms with van der Waals surface area (Å²) < 4.78 is 4.95. The zero-order valence-electron chi connectivity index (χ0n) is 7.21. The number of carbonyl (C=O) groups excluding carboxylic acids is 1. The zero-order chi connectivity index (χ0) is 9.97. The van der Waals surface area contributed by atoms with Crippen LogP contribution in [0, 0.1) is 0 Å². The average molecular weight is 208 g/mol. The van der Waals surface area contributed by atoms with E-state index in [1.165, 1.54) is 17.6 Å². The monoisotopic (exact) mass is 208 g/mol. The first-order valence-corrected chi connectivity index (χ1v) is 4.96. The summed E-state index contributed by atoms with van der Waals surface area (Å²) in [7, 11) is 0. The van der Waals surface area contributed by atoms with E-state index in [4.69, 9.17) is 4.42 Å². The number of aliphatic hydroxyl groups excluding tert-OH is 1. The van der Waals surface area contributed by atoms with Crippen LogP contribution in [0.1, 0.15) is 21.5 Å². The fourth-order valence-electron chi connectivity index (χ4n) is 1.13. The summed E-state index contributed by atoms with van der Waals surface area (Å²) in [5.74, 6) is -0.0432. The first-order valence-electron chi connectivity index (χ1n) is 4.08. The third kappa shape index (κ3) is 1.62. The Morgan fingerprint density at radius 1 is 1.43 bits per heavy atom. The summed E-state index contributed by atoms with van der Waals surface area (Å²) in [5.41, 5.74) is 0. The SMILES string of the molecule is O=C(c1cccs1)C(O)c1ccco1. The summed E-state index contributed by atoms with van der Waals surface area (Å²) in [5, 5.41) is 11.4. The molecule has 0 amide bonds. The van der Waals surface area contributed by atoms with Crippen LogP contribution in [-0.4, -0.2) is 10.9 Å². The molecule has 0 fully saturated rings. The summed E-state index contributed by atoms with van der Waals surface area (Å²) in [6, 6.07) is 6.67. The van der Waals surface area contributed by atoms with Crippen molar-refractivity contribution in [1.29, 1.82) is 0 Å². The molecule has 1 unspecified atom stereocenters. The number of Topliss-reactive ketones (excluding diaryl/α,β-unsaturated/α-hetero) is 1. The highest BCUT2D eigenvalue weighted by Crippen LogP contribution is 2.21. The van der Waals surface area contributed by atoms with E-state index in [0.29, 0.717) is 4.88 Å². The van der Waals surface area contributed by atoms with Gasteiger partial charge < -0.3 is 9.52 Å². The van der Waals surface area contributed by atoms with E-state index in [0.717, 1.165) is 0 Å². The van der Waals surface area contributed by atoms with Crippen molar-refractivity contribution in [3.63, 3.8) is 0 Å². The van der Waals surface area contributed by atoms with Crippen LogP contribution in [0.3, 0.4) is 0 Å². The fraction of sp³-hybridized carbons (Fsp3) is 0.100. The van der Waals surface area contributed by atoms with Gasteiger partial charge in [0.2, 0.25) is 5.78 Å². The highest BCUT2D eigenvalue weighted by atomic mass is 32.1. The Hall–Kier alpha value is -1.39. The highest BCUT2D eigenvalue weighted by molar-refractivity contribution is 7.12. The second-order valence-corrected chi connectivity index (χ2v) is 3.71. The van der Waals surface area contributed by atoms with Gasteiger partial charge in [0.1, 0.15) is 5.76 Å². The van der Waals surface area contributed by atoms with Crippen molar-refractivity contribution in [3.05, 3.63) is 46.5 Å². The quantitative estimate of drug-likeness (QED) is 0.787. The van der Waals surface area contributed by atoms with Crippen LogP contribution in [0.4, 0.5) is 0 Å². The molecule has 2 heterocycles. The van der Waals surface area contributed by atoms with Crippen LogP contribution in [0.25, 0.3) is 0 Å². The molecular formula is C10H8O3S. The molecule has 0 spiro atoms. The lowest BCUT2D eigenvalue weighted by atomic mass is 10.1. The first-order chi connectivity index (χ1) is 6.79. The molecule has 0 aliphatic carbocycles. The van der Waals surface area contributed by atoms with Gasteiger partial charge in [0.25, 0.3) is 0 Å². The van der Waals surface area contributed by atoms with Gasteiger partial charge in [-0.3, -0.25) is 4.79 Å². The molecule has 0 radical (unpaired) electrons. The van der Waals surface area contributed by atoms with Gasteiger partial charge in [0.05, 0.1) is 11.1 Å². The Morgan fingerprint density at radius 2 is 2.29 bits per heavy atom. The molecule has 1 atom stereocenters. The summed E-state index contributed by atoms with van der Waals surface area (Å²) in [6.07, 6.45) is 0.240. The van der Waals surface area contributed by atoms with Gasteiger partial charge >= 0.3 is 0 Å². The number of ketones is 1. The average Bonchev–Trinajstić information content (AvgIpc) is 2.87. The molecule has 0 bridgehead atoms.